The molecule has 35 heavy (non-hydrogen) atoms. The van der Waals surface area contributed by atoms with Gasteiger partial charge in [-0.3, -0.25) is 9.52 Å². The zero-order chi connectivity index (χ0) is 26.2. The molecule has 1 aromatic carbocycles. The van der Waals surface area contributed by atoms with Crippen LogP contribution in [0.25, 0.3) is 6.08 Å². The second-order valence-corrected chi connectivity index (χ2v) is 8.69. The predicted octanol–water partition coefficient (Wildman–Crippen LogP) is 2.92. The Labute approximate surface area is 199 Å². The fourth-order valence-electron chi connectivity index (χ4n) is 2.64. The third-order valence-electron chi connectivity index (χ3n) is 4.11. The van der Waals surface area contributed by atoms with Crippen LogP contribution in [0.1, 0.15) is 28.1 Å². The molecule has 0 fully saturated rings. The molecule has 2 aromatic rings. The predicted molar refractivity (Wildman–Crippen MR) is 122 cm³/mol. The number of rotatable bonds is 7. The number of benzene rings is 1. The zero-order valence-corrected chi connectivity index (χ0v) is 19.3. The molecule has 7 nitrogen and oxygen atoms in total. The highest BCUT2D eigenvalue weighted by molar-refractivity contribution is 7.92. The highest BCUT2D eigenvalue weighted by Gasteiger charge is 2.32. The first-order chi connectivity index (χ1) is 16.3. The lowest BCUT2D eigenvalue weighted by atomic mass is 10.1. The number of halogens is 4. The molecule has 0 bridgehead atoms. The molecule has 0 atom stereocenters. The number of hydrogen-bond acceptors (Lipinski definition) is 5. The van der Waals surface area contributed by atoms with Crippen LogP contribution < -0.4 is 10.0 Å². The van der Waals surface area contributed by atoms with Crippen molar-refractivity contribution in [1.82, 2.24) is 10.3 Å². The number of sulfonamides is 1. The standard InChI is InChI=1S/C23H19F4N3O4S/c1-4-16-12-15(13-18(24)22(16)30-35(3,32)33)14-28-21(31)10-8-17-7-9-20(23(25,26)27)29-19(17)6-5-11-34-2/h1,7-10,12-13,30H,11,14H2,2-3H3,(H,28,31). The summed E-state index contributed by atoms with van der Waals surface area (Å²) < 4.78 is 82.8. The van der Waals surface area contributed by atoms with Crippen LogP contribution >= 0.6 is 0 Å². The summed E-state index contributed by atoms with van der Waals surface area (Å²) in [6, 6.07) is 4.21. The molecular formula is C23H19F4N3O4S. The van der Waals surface area contributed by atoms with Gasteiger partial charge in [0.05, 0.1) is 17.5 Å². The molecule has 2 N–H and O–H groups in total. The van der Waals surface area contributed by atoms with E-state index in [-0.39, 0.29) is 41.2 Å². The van der Waals surface area contributed by atoms with Gasteiger partial charge in [-0.05, 0) is 41.8 Å². The van der Waals surface area contributed by atoms with Gasteiger partial charge in [0, 0.05) is 25.3 Å². The first-order valence-electron chi connectivity index (χ1n) is 9.63. The number of nitrogens with one attached hydrogen (secondary N) is 2. The number of amides is 1. The number of anilines is 1. The summed E-state index contributed by atoms with van der Waals surface area (Å²) in [6.07, 6.45) is 3.77. The Kier molecular flexibility index (Phi) is 9.00. The van der Waals surface area contributed by atoms with Crippen LogP contribution in [0.3, 0.4) is 0 Å². The summed E-state index contributed by atoms with van der Waals surface area (Å²) in [5.41, 5.74) is -1.38. The smallest absolute Gasteiger partial charge is 0.372 e. The summed E-state index contributed by atoms with van der Waals surface area (Å²) in [4.78, 5) is 15.7. The highest BCUT2D eigenvalue weighted by Crippen LogP contribution is 2.28. The summed E-state index contributed by atoms with van der Waals surface area (Å²) >= 11 is 0. The topological polar surface area (TPSA) is 97.4 Å². The van der Waals surface area contributed by atoms with Crippen molar-refractivity contribution < 1.29 is 35.5 Å². The maximum Gasteiger partial charge on any atom is 0.433 e. The first kappa shape index (κ1) is 27.4. The van der Waals surface area contributed by atoms with E-state index in [0.29, 0.717) is 0 Å². The number of alkyl halides is 3. The lowest BCUT2D eigenvalue weighted by Gasteiger charge is -2.11. The molecule has 12 heteroatoms. The molecule has 0 saturated carbocycles. The quantitative estimate of drug-likeness (QED) is 0.340. The SMILES string of the molecule is C#Cc1cc(CNC(=O)C=Cc2ccc(C(F)(F)F)nc2C#CCOC)cc(F)c1NS(C)(=O)=O. The van der Waals surface area contributed by atoms with Gasteiger partial charge in [0.15, 0.2) is 0 Å². The summed E-state index contributed by atoms with van der Waals surface area (Å²) in [6.45, 7) is -0.198. The molecule has 184 valence electrons. The minimum Gasteiger partial charge on any atom is -0.372 e. The first-order valence-corrected chi connectivity index (χ1v) is 11.5. The average molecular weight is 509 g/mol. The van der Waals surface area contributed by atoms with E-state index < -0.39 is 33.6 Å². The Balaban J connectivity index is 2.19. The van der Waals surface area contributed by atoms with Gasteiger partial charge in [0.25, 0.3) is 0 Å². The molecule has 0 radical (unpaired) electrons. The Morgan fingerprint density at radius 1 is 1.29 bits per heavy atom. The summed E-state index contributed by atoms with van der Waals surface area (Å²) in [5.74, 6) is 5.57. The number of nitrogens with zero attached hydrogens (tertiary/aromatic N) is 1. The summed E-state index contributed by atoms with van der Waals surface area (Å²) in [5, 5.41) is 2.47. The second-order valence-electron chi connectivity index (χ2n) is 6.94. The third kappa shape index (κ3) is 8.45. The van der Waals surface area contributed by atoms with Gasteiger partial charge in [0.1, 0.15) is 23.8 Å². The van der Waals surface area contributed by atoms with Crippen LogP contribution in [0, 0.1) is 30.0 Å². The van der Waals surface area contributed by atoms with Gasteiger partial charge < -0.3 is 10.1 Å². The monoisotopic (exact) mass is 509 g/mol. The van der Waals surface area contributed by atoms with Crippen LogP contribution in [-0.4, -0.2) is 39.3 Å². The number of carbonyl (C=O) groups excluding carboxylic acids is 1. The normalized spacial score (nSPS) is 11.5. The maximum absolute atomic E-state index is 14.4. The van der Waals surface area contributed by atoms with Crippen LogP contribution in [0.15, 0.2) is 30.3 Å². The number of pyridine rings is 1. The van der Waals surface area contributed by atoms with Gasteiger partial charge in [-0.1, -0.05) is 11.8 Å². The summed E-state index contributed by atoms with van der Waals surface area (Å²) in [7, 11) is -2.41. The van der Waals surface area contributed by atoms with Gasteiger partial charge in [-0.25, -0.2) is 17.8 Å². The second kappa shape index (κ2) is 11.5. The van der Waals surface area contributed by atoms with Crippen molar-refractivity contribution in [3.8, 4) is 24.2 Å². The molecule has 0 aliphatic carbocycles. The van der Waals surface area contributed by atoms with Crippen molar-refractivity contribution in [3.63, 3.8) is 0 Å². The van der Waals surface area contributed by atoms with Gasteiger partial charge >= 0.3 is 6.18 Å². The molecule has 0 spiro atoms. The van der Waals surface area contributed by atoms with Crippen molar-refractivity contribution in [2.45, 2.75) is 12.7 Å². The molecular weight excluding hydrogens is 490 g/mol. The van der Waals surface area contributed by atoms with E-state index >= 15 is 0 Å². The van der Waals surface area contributed by atoms with Crippen LogP contribution in [-0.2, 0) is 32.3 Å². The molecule has 1 aromatic heterocycles. The molecule has 0 aliphatic rings. The molecule has 0 unspecified atom stereocenters. The van der Waals surface area contributed by atoms with Crippen molar-refractivity contribution >= 4 is 27.7 Å². The van der Waals surface area contributed by atoms with Crippen LogP contribution in [0.2, 0.25) is 0 Å². The van der Waals surface area contributed by atoms with Crippen molar-refractivity contribution in [1.29, 1.82) is 0 Å². The van der Waals surface area contributed by atoms with Crippen molar-refractivity contribution in [2.75, 3.05) is 24.7 Å². The van der Waals surface area contributed by atoms with E-state index in [9.17, 15) is 30.8 Å². The van der Waals surface area contributed by atoms with Gasteiger partial charge in [-0.2, -0.15) is 13.2 Å². The minimum atomic E-state index is -4.67. The molecule has 0 saturated heterocycles. The largest absolute Gasteiger partial charge is 0.433 e. The minimum absolute atomic E-state index is 0.0315. The lowest BCUT2D eigenvalue weighted by Crippen LogP contribution is -2.21. The van der Waals surface area contributed by atoms with E-state index in [1.54, 1.807) is 0 Å². The van der Waals surface area contributed by atoms with Crippen molar-refractivity contribution in [3.05, 3.63) is 64.2 Å². The molecule has 1 heterocycles. The average Bonchev–Trinajstić information content (AvgIpc) is 2.76. The Hall–Kier alpha value is -3.87. The molecule has 0 aliphatic heterocycles. The third-order valence-corrected chi connectivity index (χ3v) is 4.69. The number of terminal acetylenes is 1. The fourth-order valence-corrected chi connectivity index (χ4v) is 3.21. The van der Waals surface area contributed by atoms with Crippen LogP contribution in [0.5, 0.6) is 0 Å². The number of methoxy groups -OCH3 is 1. The van der Waals surface area contributed by atoms with E-state index in [1.165, 1.54) is 19.3 Å². The fraction of sp³-hybridized carbons (Fsp3) is 0.217. The van der Waals surface area contributed by atoms with Crippen molar-refractivity contribution in [2.24, 2.45) is 0 Å². The Bertz CT molecular complexity index is 1350. The number of hydrogen-bond donors (Lipinski definition) is 2. The Morgan fingerprint density at radius 3 is 2.60 bits per heavy atom. The van der Waals surface area contributed by atoms with E-state index in [2.05, 4.69) is 28.1 Å². The number of aromatic nitrogens is 1. The van der Waals surface area contributed by atoms with E-state index in [1.807, 2.05) is 4.72 Å². The number of carbonyl (C=O) groups is 1. The maximum atomic E-state index is 14.4. The van der Waals surface area contributed by atoms with Gasteiger partial charge in [-0.15, -0.1) is 6.42 Å². The van der Waals surface area contributed by atoms with Crippen LogP contribution in [0.4, 0.5) is 23.2 Å². The zero-order valence-electron chi connectivity index (χ0n) is 18.5. The highest BCUT2D eigenvalue weighted by atomic mass is 32.2. The van der Waals surface area contributed by atoms with E-state index in [0.717, 1.165) is 30.5 Å². The number of ether oxygens (including phenoxy) is 1. The Morgan fingerprint density at radius 2 is 2.00 bits per heavy atom. The molecule has 2 rings (SSSR count). The molecule has 1 amide bonds. The van der Waals surface area contributed by atoms with Gasteiger partial charge in [0.2, 0.25) is 15.9 Å². The van der Waals surface area contributed by atoms with E-state index in [4.69, 9.17) is 11.2 Å². The lowest BCUT2D eigenvalue weighted by molar-refractivity contribution is -0.141.